The van der Waals surface area contributed by atoms with Crippen LogP contribution >= 0.6 is 0 Å². The van der Waals surface area contributed by atoms with E-state index in [1.165, 1.54) is 5.69 Å². The lowest BCUT2D eigenvalue weighted by molar-refractivity contribution is -0.133. The summed E-state index contributed by atoms with van der Waals surface area (Å²) >= 11 is 0. The molecule has 0 atom stereocenters. The van der Waals surface area contributed by atoms with Gasteiger partial charge in [0.15, 0.2) is 0 Å². The van der Waals surface area contributed by atoms with Crippen LogP contribution in [0, 0.1) is 19.8 Å². The summed E-state index contributed by atoms with van der Waals surface area (Å²) in [5, 5.41) is 4.23. The SMILES string of the molecule is Cc1cnn(CC(=O)N2CCC(CCn3c(C)cnc3-c3ccccc3)CC2)c1. The van der Waals surface area contributed by atoms with Crippen molar-refractivity contribution >= 4 is 5.91 Å². The Labute approximate surface area is 172 Å². The van der Waals surface area contributed by atoms with E-state index in [2.05, 4.69) is 45.8 Å². The lowest BCUT2D eigenvalue weighted by Gasteiger charge is -2.32. The highest BCUT2D eigenvalue weighted by molar-refractivity contribution is 5.76. The Kier molecular flexibility index (Phi) is 5.79. The molecule has 0 radical (unpaired) electrons. The smallest absolute Gasteiger partial charge is 0.244 e. The lowest BCUT2D eigenvalue weighted by Crippen LogP contribution is -2.40. The largest absolute Gasteiger partial charge is 0.341 e. The van der Waals surface area contributed by atoms with Crippen molar-refractivity contribution in [3.8, 4) is 11.4 Å². The van der Waals surface area contributed by atoms with Crippen molar-refractivity contribution in [3.05, 3.63) is 60.2 Å². The summed E-state index contributed by atoms with van der Waals surface area (Å²) in [6, 6.07) is 10.4. The van der Waals surface area contributed by atoms with E-state index in [-0.39, 0.29) is 5.91 Å². The molecule has 0 N–H and O–H groups in total. The Morgan fingerprint density at radius 2 is 1.86 bits per heavy atom. The molecule has 3 aromatic rings. The van der Waals surface area contributed by atoms with Gasteiger partial charge < -0.3 is 9.47 Å². The molecule has 1 fully saturated rings. The maximum absolute atomic E-state index is 12.5. The maximum Gasteiger partial charge on any atom is 0.244 e. The van der Waals surface area contributed by atoms with Crippen molar-refractivity contribution in [2.75, 3.05) is 13.1 Å². The number of nitrogens with zero attached hydrogens (tertiary/aromatic N) is 5. The Morgan fingerprint density at radius 3 is 2.55 bits per heavy atom. The minimum Gasteiger partial charge on any atom is -0.341 e. The van der Waals surface area contributed by atoms with Crippen LogP contribution in [0.5, 0.6) is 0 Å². The Hall–Kier alpha value is -2.89. The third-order valence-corrected chi connectivity index (χ3v) is 5.87. The minimum atomic E-state index is 0.170. The normalized spacial score (nSPS) is 15.0. The molecule has 6 heteroatoms. The standard InChI is InChI=1S/C23H29N5O/c1-18-14-25-27(16-18)17-22(29)26-11-8-20(9-12-26)10-13-28-19(2)15-24-23(28)21-6-4-3-5-7-21/h3-7,14-16,20H,8-13,17H2,1-2H3. The van der Waals surface area contributed by atoms with Gasteiger partial charge in [-0.15, -0.1) is 0 Å². The molecule has 4 rings (SSSR count). The molecule has 0 bridgehead atoms. The highest BCUT2D eigenvalue weighted by Crippen LogP contribution is 2.25. The van der Waals surface area contributed by atoms with E-state index < -0.39 is 0 Å². The summed E-state index contributed by atoms with van der Waals surface area (Å²) in [5.41, 5.74) is 3.45. The van der Waals surface area contributed by atoms with Gasteiger partial charge in [0.25, 0.3) is 0 Å². The van der Waals surface area contributed by atoms with Crippen LogP contribution < -0.4 is 0 Å². The first-order valence-corrected chi connectivity index (χ1v) is 10.4. The van der Waals surface area contributed by atoms with Crippen LogP contribution in [0.3, 0.4) is 0 Å². The summed E-state index contributed by atoms with van der Waals surface area (Å²) < 4.78 is 4.06. The Morgan fingerprint density at radius 1 is 1.10 bits per heavy atom. The van der Waals surface area contributed by atoms with Crippen molar-refractivity contribution in [2.24, 2.45) is 5.92 Å². The molecule has 0 saturated carbocycles. The number of aromatic nitrogens is 4. The van der Waals surface area contributed by atoms with Gasteiger partial charge in [0.1, 0.15) is 12.4 Å². The van der Waals surface area contributed by atoms with Gasteiger partial charge >= 0.3 is 0 Å². The van der Waals surface area contributed by atoms with Crippen LogP contribution in [-0.4, -0.2) is 43.2 Å². The van der Waals surface area contributed by atoms with E-state index in [1.807, 2.05) is 30.3 Å². The van der Waals surface area contributed by atoms with Gasteiger partial charge in [-0.05, 0) is 44.6 Å². The number of likely N-dealkylation sites (tertiary alicyclic amines) is 1. The fourth-order valence-electron chi connectivity index (χ4n) is 4.14. The topological polar surface area (TPSA) is 56.0 Å². The van der Waals surface area contributed by atoms with Gasteiger partial charge in [-0.2, -0.15) is 5.10 Å². The van der Waals surface area contributed by atoms with Crippen LogP contribution in [0.15, 0.2) is 48.9 Å². The number of benzene rings is 1. The van der Waals surface area contributed by atoms with Gasteiger partial charge in [-0.25, -0.2) is 4.98 Å². The summed E-state index contributed by atoms with van der Waals surface area (Å²) in [4.78, 5) is 19.1. The predicted octanol–water partition coefficient (Wildman–Crippen LogP) is 3.69. The molecule has 1 amide bonds. The fraction of sp³-hybridized carbons (Fsp3) is 0.435. The number of piperidine rings is 1. The number of aryl methyl sites for hydroxylation is 2. The van der Waals surface area contributed by atoms with Crippen LogP contribution in [0.4, 0.5) is 0 Å². The highest BCUT2D eigenvalue weighted by Gasteiger charge is 2.23. The average Bonchev–Trinajstić information content (AvgIpc) is 3.32. The van der Waals surface area contributed by atoms with Gasteiger partial charge in [0, 0.05) is 43.3 Å². The summed E-state index contributed by atoms with van der Waals surface area (Å²) in [6.07, 6.45) is 8.93. The number of hydrogen-bond acceptors (Lipinski definition) is 3. The molecule has 0 unspecified atom stereocenters. The molecule has 1 aliphatic heterocycles. The van der Waals surface area contributed by atoms with E-state index in [9.17, 15) is 4.79 Å². The zero-order chi connectivity index (χ0) is 20.2. The first kappa shape index (κ1) is 19.4. The first-order chi connectivity index (χ1) is 14.1. The summed E-state index contributed by atoms with van der Waals surface area (Å²) in [5.74, 6) is 1.87. The number of carbonyl (C=O) groups excluding carboxylic acids is 1. The zero-order valence-corrected chi connectivity index (χ0v) is 17.3. The van der Waals surface area contributed by atoms with E-state index in [4.69, 9.17) is 0 Å². The summed E-state index contributed by atoms with van der Waals surface area (Å²) in [7, 11) is 0. The second-order valence-electron chi connectivity index (χ2n) is 8.07. The molecule has 0 aliphatic carbocycles. The molecule has 1 aliphatic rings. The number of amides is 1. The second kappa shape index (κ2) is 8.64. The van der Waals surface area contributed by atoms with Crippen LogP contribution in [0.1, 0.15) is 30.5 Å². The number of imidazole rings is 1. The molecular formula is C23H29N5O. The van der Waals surface area contributed by atoms with Crippen LogP contribution in [-0.2, 0) is 17.9 Å². The molecule has 0 spiro atoms. The Balaban J connectivity index is 1.30. The van der Waals surface area contributed by atoms with Gasteiger partial charge in [-0.1, -0.05) is 30.3 Å². The van der Waals surface area contributed by atoms with E-state index >= 15 is 0 Å². The monoisotopic (exact) mass is 391 g/mol. The van der Waals surface area contributed by atoms with Crippen molar-refractivity contribution in [2.45, 2.75) is 46.2 Å². The van der Waals surface area contributed by atoms with Crippen molar-refractivity contribution in [1.82, 2.24) is 24.2 Å². The third-order valence-electron chi connectivity index (χ3n) is 5.87. The third kappa shape index (κ3) is 4.58. The lowest BCUT2D eigenvalue weighted by atomic mass is 9.93. The van der Waals surface area contributed by atoms with Crippen LogP contribution in [0.2, 0.25) is 0 Å². The minimum absolute atomic E-state index is 0.170. The second-order valence-corrected chi connectivity index (χ2v) is 8.07. The highest BCUT2D eigenvalue weighted by atomic mass is 16.2. The summed E-state index contributed by atoms with van der Waals surface area (Å²) in [6.45, 7) is 7.12. The van der Waals surface area contributed by atoms with Gasteiger partial charge in [0.2, 0.25) is 5.91 Å². The molecule has 2 aromatic heterocycles. The number of rotatable bonds is 6. The fourth-order valence-corrected chi connectivity index (χ4v) is 4.14. The zero-order valence-electron chi connectivity index (χ0n) is 17.3. The van der Waals surface area contributed by atoms with Crippen molar-refractivity contribution in [3.63, 3.8) is 0 Å². The molecule has 1 saturated heterocycles. The van der Waals surface area contributed by atoms with E-state index in [0.717, 1.165) is 55.8 Å². The van der Waals surface area contributed by atoms with E-state index in [0.29, 0.717) is 12.5 Å². The molecular weight excluding hydrogens is 362 g/mol. The molecule has 1 aromatic carbocycles. The predicted molar refractivity (Wildman–Crippen MR) is 113 cm³/mol. The van der Waals surface area contributed by atoms with Gasteiger partial charge in [-0.3, -0.25) is 9.48 Å². The number of hydrogen-bond donors (Lipinski definition) is 0. The Bertz CT molecular complexity index is 951. The molecule has 29 heavy (non-hydrogen) atoms. The molecule has 6 nitrogen and oxygen atoms in total. The first-order valence-electron chi connectivity index (χ1n) is 10.4. The average molecular weight is 392 g/mol. The van der Waals surface area contributed by atoms with Crippen LogP contribution in [0.25, 0.3) is 11.4 Å². The molecule has 152 valence electrons. The molecule has 3 heterocycles. The maximum atomic E-state index is 12.5. The quantitative estimate of drug-likeness (QED) is 0.644. The van der Waals surface area contributed by atoms with Crippen molar-refractivity contribution in [1.29, 1.82) is 0 Å². The van der Waals surface area contributed by atoms with E-state index in [1.54, 1.807) is 10.9 Å². The van der Waals surface area contributed by atoms with Gasteiger partial charge in [0.05, 0.1) is 6.20 Å². The number of carbonyl (C=O) groups is 1. The van der Waals surface area contributed by atoms with Crippen molar-refractivity contribution < 1.29 is 4.79 Å².